The zero-order valence-corrected chi connectivity index (χ0v) is 9.88. The van der Waals surface area contributed by atoms with Crippen molar-refractivity contribution in [3.8, 4) is 0 Å². The van der Waals surface area contributed by atoms with Gasteiger partial charge in [-0.3, -0.25) is 0 Å². The fourth-order valence-corrected chi connectivity index (χ4v) is 2.30. The number of hydrogen-bond donors (Lipinski definition) is 1. The van der Waals surface area contributed by atoms with E-state index in [1.54, 1.807) is 0 Å². The Labute approximate surface area is 88.2 Å². The van der Waals surface area contributed by atoms with Crippen molar-refractivity contribution < 1.29 is 4.74 Å². The lowest BCUT2D eigenvalue weighted by molar-refractivity contribution is -0.0860. The molecule has 1 saturated carbocycles. The van der Waals surface area contributed by atoms with Crippen LogP contribution in [0, 0.1) is 5.92 Å². The molecule has 0 aromatic heterocycles. The van der Waals surface area contributed by atoms with E-state index >= 15 is 0 Å². The summed E-state index contributed by atoms with van der Waals surface area (Å²) in [5.41, 5.74) is 5.73. The Hall–Kier alpha value is -0.0800. The lowest BCUT2D eigenvalue weighted by atomic mass is 9.85. The van der Waals surface area contributed by atoms with Crippen LogP contribution in [0.1, 0.15) is 52.9 Å². The zero-order valence-electron chi connectivity index (χ0n) is 9.88. The van der Waals surface area contributed by atoms with Gasteiger partial charge < -0.3 is 10.5 Å². The van der Waals surface area contributed by atoms with Crippen molar-refractivity contribution in [1.82, 2.24) is 0 Å². The Bertz CT molecular complexity index is 156. The quantitative estimate of drug-likeness (QED) is 0.758. The molecule has 0 bridgehead atoms. The Balaban J connectivity index is 2.43. The average molecular weight is 199 g/mol. The highest BCUT2D eigenvalue weighted by molar-refractivity contribution is 4.77. The molecular weight excluding hydrogens is 174 g/mol. The number of ether oxygens (including phenoxy) is 1. The van der Waals surface area contributed by atoms with Crippen LogP contribution in [0.15, 0.2) is 0 Å². The van der Waals surface area contributed by atoms with Gasteiger partial charge in [0, 0.05) is 6.54 Å². The molecule has 0 heterocycles. The Morgan fingerprint density at radius 1 is 1.21 bits per heavy atom. The van der Waals surface area contributed by atoms with Gasteiger partial charge in [0.05, 0.1) is 11.7 Å². The van der Waals surface area contributed by atoms with Crippen molar-refractivity contribution in [1.29, 1.82) is 0 Å². The highest BCUT2D eigenvalue weighted by Crippen LogP contribution is 2.29. The fraction of sp³-hybridized carbons (Fsp3) is 1.00. The number of rotatable bonds is 3. The van der Waals surface area contributed by atoms with Gasteiger partial charge in [-0.2, -0.15) is 0 Å². The van der Waals surface area contributed by atoms with Crippen LogP contribution in [0.3, 0.4) is 0 Å². The van der Waals surface area contributed by atoms with Crippen LogP contribution in [-0.2, 0) is 4.74 Å². The molecule has 0 amide bonds. The Kier molecular flexibility index (Phi) is 4.39. The first-order valence-corrected chi connectivity index (χ1v) is 5.91. The van der Waals surface area contributed by atoms with Gasteiger partial charge in [-0.1, -0.05) is 19.3 Å². The topological polar surface area (TPSA) is 35.2 Å². The lowest BCUT2D eigenvalue weighted by Gasteiger charge is -2.34. The van der Waals surface area contributed by atoms with Crippen LogP contribution < -0.4 is 5.73 Å². The van der Waals surface area contributed by atoms with Crippen LogP contribution in [0.5, 0.6) is 0 Å². The summed E-state index contributed by atoms with van der Waals surface area (Å²) in [4.78, 5) is 0. The van der Waals surface area contributed by atoms with Crippen LogP contribution >= 0.6 is 0 Å². The maximum atomic E-state index is 6.00. The van der Waals surface area contributed by atoms with Crippen molar-refractivity contribution in [3.63, 3.8) is 0 Å². The Morgan fingerprint density at radius 2 is 1.79 bits per heavy atom. The maximum absolute atomic E-state index is 6.00. The molecule has 14 heavy (non-hydrogen) atoms. The smallest absolute Gasteiger partial charge is 0.0732 e. The summed E-state index contributed by atoms with van der Waals surface area (Å²) in [5, 5.41) is 0. The van der Waals surface area contributed by atoms with Gasteiger partial charge >= 0.3 is 0 Å². The molecule has 1 aliphatic rings. The van der Waals surface area contributed by atoms with Gasteiger partial charge in [0.15, 0.2) is 0 Å². The molecule has 1 atom stereocenters. The monoisotopic (exact) mass is 199 g/mol. The van der Waals surface area contributed by atoms with Gasteiger partial charge in [-0.25, -0.2) is 0 Å². The third-order valence-electron chi connectivity index (χ3n) is 2.91. The summed E-state index contributed by atoms with van der Waals surface area (Å²) >= 11 is 0. The zero-order chi connectivity index (χ0) is 10.6. The van der Waals surface area contributed by atoms with E-state index in [1.165, 1.54) is 32.1 Å². The molecule has 0 aliphatic heterocycles. The minimum Gasteiger partial charge on any atom is -0.371 e. The summed E-state index contributed by atoms with van der Waals surface area (Å²) in [5.74, 6) is 0.702. The summed E-state index contributed by atoms with van der Waals surface area (Å²) < 4.78 is 6.00. The molecule has 2 nitrogen and oxygen atoms in total. The van der Waals surface area contributed by atoms with Gasteiger partial charge in [0.2, 0.25) is 0 Å². The summed E-state index contributed by atoms with van der Waals surface area (Å²) in [7, 11) is 0. The predicted molar refractivity (Wildman–Crippen MR) is 60.3 cm³/mol. The second-order valence-corrected chi connectivity index (χ2v) is 5.40. The molecule has 1 fully saturated rings. The highest BCUT2D eigenvalue weighted by atomic mass is 16.5. The first kappa shape index (κ1) is 12.0. The van der Waals surface area contributed by atoms with Crippen molar-refractivity contribution in [2.75, 3.05) is 6.54 Å². The molecular formula is C12H25NO. The van der Waals surface area contributed by atoms with Crippen molar-refractivity contribution in [3.05, 3.63) is 0 Å². The average Bonchev–Trinajstić information content (AvgIpc) is 2.14. The Morgan fingerprint density at radius 3 is 2.21 bits per heavy atom. The minimum absolute atomic E-state index is 0.0541. The molecule has 0 spiro atoms. The van der Waals surface area contributed by atoms with Crippen LogP contribution in [-0.4, -0.2) is 18.2 Å². The van der Waals surface area contributed by atoms with E-state index in [9.17, 15) is 0 Å². The van der Waals surface area contributed by atoms with E-state index in [1.807, 2.05) is 0 Å². The van der Waals surface area contributed by atoms with Crippen molar-refractivity contribution in [2.45, 2.75) is 64.6 Å². The molecule has 0 saturated heterocycles. The lowest BCUT2D eigenvalue weighted by Crippen LogP contribution is -2.39. The molecule has 1 unspecified atom stereocenters. The van der Waals surface area contributed by atoms with E-state index in [-0.39, 0.29) is 11.7 Å². The van der Waals surface area contributed by atoms with E-state index in [2.05, 4.69) is 20.8 Å². The van der Waals surface area contributed by atoms with E-state index in [4.69, 9.17) is 10.5 Å². The van der Waals surface area contributed by atoms with Gasteiger partial charge in [-0.05, 0) is 39.5 Å². The molecule has 1 aliphatic carbocycles. The number of hydrogen-bond acceptors (Lipinski definition) is 2. The normalized spacial score (nSPS) is 22.3. The molecule has 0 radical (unpaired) electrons. The van der Waals surface area contributed by atoms with Gasteiger partial charge in [0.25, 0.3) is 0 Å². The predicted octanol–water partition coefficient (Wildman–Crippen LogP) is 2.71. The first-order valence-electron chi connectivity index (χ1n) is 5.91. The molecule has 0 aromatic rings. The fourth-order valence-electron chi connectivity index (χ4n) is 2.30. The molecule has 2 N–H and O–H groups in total. The van der Waals surface area contributed by atoms with Gasteiger partial charge in [-0.15, -0.1) is 0 Å². The van der Waals surface area contributed by atoms with Crippen LogP contribution in [0.25, 0.3) is 0 Å². The second kappa shape index (κ2) is 5.13. The highest BCUT2D eigenvalue weighted by Gasteiger charge is 2.26. The molecule has 84 valence electrons. The van der Waals surface area contributed by atoms with E-state index in [0.29, 0.717) is 12.5 Å². The summed E-state index contributed by atoms with van der Waals surface area (Å²) in [6, 6.07) is 0. The first-order chi connectivity index (χ1) is 6.53. The van der Waals surface area contributed by atoms with E-state index in [0.717, 1.165) is 0 Å². The van der Waals surface area contributed by atoms with Crippen molar-refractivity contribution in [2.24, 2.45) is 11.7 Å². The van der Waals surface area contributed by atoms with Crippen LogP contribution in [0.2, 0.25) is 0 Å². The minimum atomic E-state index is -0.0541. The maximum Gasteiger partial charge on any atom is 0.0732 e. The second-order valence-electron chi connectivity index (χ2n) is 5.40. The summed E-state index contributed by atoms with van der Waals surface area (Å²) in [6.45, 7) is 7.00. The van der Waals surface area contributed by atoms with Gasteiger partial charge in [0.1, 0.15) is 0 Å². The SMILES string of the molecule is CC(C)(C)OC(CN)C1CCCCC1. The van der Waals surface area contributed by atoms with Crippen molar-refractivity contribution >= 4 is 0 Å². The third-order valence-corrected chi connectivity index (χ3v) is 2.91. The molecule has 2 heteroatoms. The number of nitrogens with two attached hydrogens (primary N) is 1. The van der Waals surface area contributed by atoms with Crippen LogP contribution in [0.4, 0.5) is 0 Å². The molecule has 1 rings (SSSR count). The largest absolute Gasteiger partial charge is 0.371 e. The third kappa shape index (κ3) is 3.97. The standard InChI is InChI=1S/C12H25NO/c1-12(2,3)14-11(9-13)10-7-5-4-6-8-10/h10-11H,4-9,13H2,1-3H3. The summed E-state index contributed by atoms with van der Waals surface area (Å²) in [6.07, 6.45) is 6.98. The van der Waals surface area contributed by atoms with E-state index < -0.39 is 0 Å². The molecule has 0 aromatic carbocycles.